The molecule has 0 unspecified atom stereocenters. The van der Waals surface area contributed by atoms with Crippen molar-refractivity contribution in [2.24, 2.45) is 5.10 Å². The van der Waals surface area contributed by atoms with E-state index in [9.17, 15) is 14.7 Å². The number of nitrogens with zero attached hydrogens (tertiary/aromatic N) is 2. The zero-order valence-electron chi connectivity index (χ0n) is 19.5. The van der Waals surface area contributed by atoms with Crippen LogP contribution in [-0.4, -0.2) is 33.1 Å². The van der Waals surface area contributed by atoms with E-state index in [0.717, 1.165) is 11.1 Å². The maximum absolute atomic E-state index is 13.3. The number of hydrazone groups is 1. The molecule has 0 amide bonds. The van der Waals surface area contributed by atoms with Gasteiger partial charge in [0.25, 0.3) is 0 Å². The summed E-state index contributed by atoms with van der Waals surface area (Å²) < 4.78 is 0. The molecule has 0 aliphatic carbocycles. The standard InChI is InChI=1S/C31H24N2O3/c34-28(24-15-7-2-8-16-24)22-31(36)29(35)21-27(23-13-5-1-6-14-23)33(31)32-30(25-17-9-3-10-18-25)26-19-11-4-12-20-26/h1-21,36H,22H2/t31-/m0/s1. The molecule has 4 aromatic rings. The summed E-state index contributed by atoms with van der Waals surface area (Å²) >= 11 is 0. The van der Waals surface area contributed by atoms with Crippen LogP contribution in [0.15, 0.2) is 133 Å². The molecule has 4 aromatic carbocycles. The Morgan fingerprint density at radius 1 is 0.694 bits per heavy atom. The molecule has 1 aliphatic heterocycles. The Bertz CT molecular complexity index is 1390. The van der Waals surface area contributed by atoms with E-state index in [4.69, 9.17) is 5.10 Å². The van der Waals surface area contributed by atoms with Crippen LogP contribution in [0.3, 0.4) is 0 Å². The number of rotatable bonds is 7. The molecule has 0 saturated heterocycles. The van der Waals surface area contributed by atoms with E-state index in [-0.39, 0.29) is 5.78 Å². The van der Waals surface area contributed by atoms with Crippen molar-refractivity contribution in [1.29, 1.82) is 0 Å². The van der Waals surface area contributed by atoms with Gasteiger partial charge in [-0.05, 0) is 0 Å². The molecule has 176 valence electrons. The normalized spacial score (nSPS) is 17.0. The molecule has 1 aliphatic rings. The van der Waals surface area contributed by atoms with Gasteiger partial charge in [-0.3, -0.25) is 9.59 Å². The van der Waals surface area contributed by atoms with Crippen molar-refractivity contribution in [3.05, 3.63) is 150 Å². The van der Waals surface area contributed by atoms with Crippen molar-refractivity contribution in [3.8, 4) is 0 Å². The van der Waals surface area contributed by atoms with Crippen LogP contribution in [0.5, 0.6) is 0 Å². The monoisotopic (exact) mass is 472 g/mol. The van der Waals surface area contributed by atoms with Crippen LogP contribution in [0.4, 0.5) is 0 Å². The average molecular weight is 473 g/mol. The Balaban J connectivity index is 1.66. The fraction of sp³-hybridized carbons (Fsp3) is 0.0645. The summed E-state index contributed by atoms with van der Waals surface area (Å²) in [7, 11) is 0. The third kappa shape index (κ3) is 4.52. The van der Waals surface area contributed by atoms with Crippen LogP contribution in [0.25, 0.3) is 5.70 Å². The minimum absolute atomic E-state index is 0.352. The molecule has 5 rings (SSSR count). The van der Waals surface area contributed by atoms with Gasteiger partial charge in [0.05, 0.1) is 17.8 Å². The first-order chi connectivity index (χ1) is 17.6. The first-order valence-electron chi connectivity index (χ1n) is 11.7. The van der Waals surface area contributed by atoms with Crippen LogP contribution in [0.1, 0.15) is 33.5 Å². The van der Waals surface area contributed by atoms with Gasteiger partial charge in [0.2, 0.25) is 11.5 Å². The Kier molecular flexibility index (Phi) is 6.39. The van der Waals surface area contributed by atoms with E-state index in [0.29, 0.717) is 22.5 Å². The van der Waals surface area contributed by atoms with Crippen molar-refractivity contribution in [3.63, 3.8) is 0 Å². The largest absolute Gasteiger partial charge is 0.363 e. The van der Waals surface area contributed by atoms with E-state index < -0.39 is 17.9 Å². The second kappa shape index (κ2) is 9.94. The Morgan fingerprint density at radius 2 is 1.14 bits per heavy atom. The van der Waals surface area contributed by atoms with E-state index in [2.05, 4.69) is 0 Å². The Morgan fingerprint density at radius 3 is 1.64 bits per heavy atom. The molecule has 5 nitrogen and oxygen atoms in total. The maximum Gasteiger partial charge on any atom is 0.229 e. The number of hydrogen-bond acceptors (Lipinski definition) is 5. The van der Waals surface area contributed by atoms with Crippen molar-refractivity contribution in [2.75, 3.05) is 0 Å². The van der Waals surface area contributed by atoms with Crippen molar-refractivity contribution in [1.82, 2.24) is 5.01 Å². The summed E-state index contributed by atoms with van der Waals surface area (Å²) in [4.78, 5) is 26.5. The molecule has 0 saturated carbocycles. The molecule has 0 radical (unpaired) electrons. The van der Waals surface area contributed by atoms with Crippen molar-refractivity contribution < 1.29 is 14.7 Å². The quantitative estimate of drug-likeness (QED) is 0.292. The van der Waals surface area contributed by atoms with Gasteiger partial charge in [-0.25, -0.2) is 5.01 Å². The van der Waals surface area contributed by atoms with Gasteiger partial charge >= 0.3 is 0 Å². The van der Waals surface area contributed by atoms with Gasteiger partial charge in [-0.1, -0.05) is 121 Å². The molecular formula is C31H24N2O3. The fourth-order valence-corrected chi connectivity index (χ4v) is 4.24. The highest BCUT2D eigenvalue weighted by molar-refractivity contribution is 6.14. The van der Waals surface area contributed by atoms with Crippen LogP contribution < -0.4 is 0 Å². The van der Waals surface area contributed by atoms with Crippen molar-refractivity contribution >= 4 is 23.0 Å². The Labute approximate surface area is 209 Å². The minimum atomic E-state index is -2.17. The summed E-state index contributed by atoms with van der Waals surface area (Å²) in [6, 6.07) is 37.0. The lowest BCUT2D eigenvalue weighted by Gasteiger charge is -2.32. The predicted molar refractivity (Wildman–Crippen MR) is 140 cm³/mol. The van der Waals surface area contributed by atoms with E-state index in [1.54, 1.807) is 24.3 Å². The molecule has 1 N–H and O–H groups in total. The second-order valence-corrected chi connectivity index (χ2v) is 8.53. The van der Waals surface area contributed by atoms with Crippen LogP contribution in [-0.2, 0) is 4.79 Å². The van der Waals surface area contributed by atoms with Gasteiger partial charge in [0, 0.05) is 28.3 Å². The number of carbonyl (C=O) groups excluding carboxylic acids is 2. The summed E-state index contributed by atoms with van der Waals surface area (Å²) in [5.74, 6) is -0.940. The third-order valence-corrected chi connectivity index (χ3v) is 6.11. The summed E-state index contributed by atoms with van der Waals surface area (Å²) in [6.07, 6.45) is 0.924. The summed E-state index contributed by atoms with van der Waals surface area (Å²) in [6.45, 7) is 0. The van der Waals surface area contributed by atoms with Gasteiger partial charge in [-0.15, -0.1) is 0 Å². The number of benzene rings is 4. The molecule has 1 heterocycles. The van der Waals surface area contributed by atoms with Crippen molar-refractivity contribution in [2.45, 2.75) is 12.1 Å². The Hall–Kier alpha value is -4.61. The average Bonchev–Trinajstić information content (AvgIpc) is 3.18. The first kappa shape index (κ1) is 23.1. The number of ketones is 2. The third-order valence-electron chi connectivity index (χ3n) is 6.11. The number of Topliss-reactive ketones (excluding diaryl/α,β-unsaturated/α-hetero) is 1. The van der Waals surface area contributed by atoms with E-state index in [1.807, 2.05) is 97.1 Å². The highest BCUT2D eigenvalue weighted by Crippen LogP contribution is 2.37. The highest BCUT2D eigenvalue weighted by atomic mass is 16.3. The molecular weight excluding hydrogens is 448 g/mol. The fourth-order valence-electron chi connectivity index (χ4n) is 4.24. The molecule has 36 heavy (non-hydrogen) atoms. The van der Waals surface area contributed by atoms with Crippen LogP contribution in [0.2, 0.25) is 0 Å². The summed E-state index contributed by atoms with van der Waals surface area (Å²) in [5, 5.41) is 18.0. The molecule has 1 atom stereocenters. The topological polar surface area (TPSA) is 70.0 Å². The van der Waals surface area contributed by atoms with Gasteiger partial charge < -0.3 is 5.11 Å². The molecule has 0 fully saturated rings. The summed E-state index contributed by atoms with van der Waals surface area (Å²) in [5.41, 5.74) is 1.57. The van der Waals surface area contributed by atoms with Crippen LogP contribution >= 0.6 is 0 Å². The lowest BCUT2D eigenvalue weighted by Crippen LogP contribution is -2.48. The SMILES string of the molecule is O=C(C[C@]1(O)C(=O)C=C(c2ccccc2)N1N=C(c1ccccc1)c1ccccc1)c1ccccc1. The van der Waals surface area contributed by atoms with Crippen LogP contribution in [0, 0.1) is 0 Å². The minimum Gasteiger partial charge on any atom is -0.363 e. The smallest absolute Gasteiger partial charge is 0.229 e. The number of carbonyl (C=O) groups is 2. The van der Waals surface area contributed by atoms with Gasteiger partial charge in [-0.2, -0.15) is 5.10 Å². The first-order valence-corrected chi connectivity index (χ1v) is 11.7. The molecule has 0 aromatic heterocycles. The zero-order chi connectivity index (χ0) is 25.0. The van der Waals surface area contributed by atoms with Gasteiger partial charge in [0.1, 0.15) is 0 Å². The molecule has 0 spiro atoms. The van der Waals surface area contributed by atoms with Gasteiger partial charge in [0.15, 0.2) is 5.78 Å². The lowest BCUT2D eigenvalue weighted by atomic mass is 9.98. The maximum atomic E-state index is 13.3. The zero-order valence-corrected chi connectivity index (χ0v) is 19.5. The lowest BCUT2D eigenvalue weighted by molar-refractivity contribution is -0.144. The molecule has 5 heteroatoms. The highest BCUT2D eigenvalue weighted by Gasteiger charge is 2.50. The van der Waals surface area contributed by atoms with E-state index in [1.165, 1.54) is 11.1 Å². The predicted octanol–water partition coefficient (Wildman–Crippen LogP) is 5.33. The molecule has 0 bridgehead atoms. The van der Waals surface area contributed by atoms with E-state index >= 15 is 0 Å². The second-order valence-electron chi connectivity index (χ2n) is 8.53. The number of aliphatic hydroxyl groups is 1. The number of hydrogen-bond donors (Lipinski definition) is 1.